The Morgan fingerprint density at radius 1 is 1.22 bits per heavy atom. The van der Waals surface area contributed by atoms with Gasteiger partial charge in [0.1, 0.15) is 6.07 Å². The minimum Gasteiger partial charge on any atom is -0.397 e. The number of rotatable bonds is 2. The number of para-hydroxylation sites is 1. The van der Waals surface area contributed by atoms with Crippen LogP contribution in [0.5, 0.6) is 0 Å². The highest BCUT2D eigenvalue weighted by Crippen LogP contribution is 2.29. The fraction of sp³-hybridized carbons (Fsp3) is 0.0714. The van der Waals surface area contributed by atoms with E-state index >= 15 is 0 Å². The second kappa shape index (κ2) is 4.99. The molecule has 90 valence electrons. The number of halogens is 1. The van der Waals surface area contributed by atoms with E-state index < -0.39 is 0 Å². The van der Waals surface area contributed by atoms with Crippen LogP contribution in [0.15, 0.2) is 36.4 Å². The molecule has 0 aromatic heterocycles. The number of anilines is 3. The van der Waals surface area contributed by atoms with Gasteiger partial charge in [-0.3, -0.25) is 0 Å². The van der Waals surface area contributed by atoms with Crippen LogP contribution in [0.25, 0.3) is 0 Å². The molecule has 4 heteroatoms. The minimum atomic E-state index is 0.528. The van der Waals surface area contributed by atoms with Crippen LogP contribution in [0.1, 0.15) is 11.1 Å². The quantitative estimate of drug-likeness (QED) is 0.804. The zero-order valence-corrected chi connectivity index (χ0v) is 10.6. The van der Waals surface area contributed by atoms with Crippen molar-refractivity contribution in [2.45, 2.75) is 6.92 Å². The van der Waals surface area contributed by atoms with Crippen LogP contribution in [0, 0.1) is 18.3 Å². The molecule has 0 fully saturated rings. The second-order valence-electron chi connectivity index (χ2n) is 3.96. The monoisotopic (exact) mass is 257 g/mol. The molecule has 2 aromatic rings. The highest BCUT2D eigenvalue weighted by Gasteiger charge is 2.06. The van der Waals surface area contributed by atoms with E-state index in [-0.39, 0.29) is 0 Å². The van der Waals surface area contributed by atoms with Crippen LogP contribution in [0.3, 0.4) is 0 Å². The minimum absolute atomic E-state index is 0.528. The summed E-state index contributed by atoms with van der Waals surface area (Å²) >= 11 is 5.93. The molecular weight excluding hydrogens is 246 g/mol. The molecule has 0 aliphatic heterocycles. The van der Waals surface area contributed by atoms with Crippen LogP contribution >= 0.6 is 11.6 Å². The van der Waals surface area contributed by atoms with Crippen molar-refractivity contribution in [3.8, 4) is 6.07 Å². The summed E-state index contributed by atoms with van der Waals surface area (Å²) in [5, 5.41) is 12.8. The van der Waals surface area contributed by atoms with Gasteiger partial charge in [-0.2, -0.15) is 5.26 Å². The van der Waals surface area contributed by atoms with Gasteiger partial charge in [0.2, 0.25) is 0 Å². The van der Waals surface area contributed by atoms with Crippen LogP contribution in [-0.2, 0) is 0 Å². The van der Waals surface area contributed by atoms with E-state index in [2.05, 4.69) is 11.4 Å². The maximum atomic E-state index is 9.05. The van der Waals surface area contributed by atoms with Crippen molar-refractivity contribution in [1.82, 2.24) is 0 Å². The maximum absolute atomic E-state index is 9.05. The topological polar surface area (TPSA) is 61.8 Å². The first-order valence-electron chi connectivity index (χ1n) is 5.43. The molecule has 0 aliphatic rings. The molecule has 18 heavy (non-hydrogen) atoms. The second-order valence-corrected chi connectivity index (χ2v) is 4.40. The summed E-state index contributed by atoms with van der Waals surface area (Å²) in [4.78, 5) is 0. The molecule has 0 radical (unpaired) electrons. The molecule has 0 unspecified atom stereocenters. The molecule has 0 bridgehead atoms. The zero-order valence-electron chi connectivity index (χ0n) is 9.87. The summed E-state index contributed by atoms with van der Waals surface area (Å²) in [7, 11) is 0. The van der Waals surface area contributed by atoms with Crippen LogP contribution in [0.4, 0.5) is 17.1 Å². The summed E-state index contributed by atoms with van der Waals surface area (Å²) in [6.45, 7) is 1.93. The van der Waals surface area contributed by atoms with Gasteiger partial charge in [-0.05, 0) is 36.8 Å². The van der Waals surface area contributed by atoms with Gasteiger partial charge in [-0.1, -0.05) is 23.7 Å². The molecule has 3 N–H and O–H groups in total. The van der Waals surface area contributed by atoms with Crippen molar-refractivity contribution in [2.75, 3.05) is 11.1 Å². The lowest BCUT2D eigenvalue weighted by atomic mass is 10.1. The summed E-state index contributed by atoms with van der Waals surface area (Å²) in [5.41, 5.74) is 9.59. The predicted molar refractivity (Wildman–Crippen MR) is 75.0 cm³/mol. The van der Waals surface area contributed by atoms with E-state index in [0.717, 1.165) is 11.3 Å². The summed E-state index contributed by atoms with van der Waals surface area (Å²) in [5.74, 6) is 0. The Balaban J connectivity index is 2.43. The van der Waals surface area contributed by atoms with Gasteiger partial charge in [0.15, 0.2) is 0 Å². The molecular formula is C14H12ClN3. The summed E-state index contributed by atoms with van der Waals surface area (Å²) in [6, 6.07) is 12.9. The Labute approximate surface area is 111 Å². The maximum Gasteiger partial charge on any atom is 0.101 e. The molecule has 0 aliphatic carbocycles. The third-order valence-electron chi connectivity index (χ3n) is 2.70. The first-order valence-corrected chi connectivity index (χ1v) is 5.81. The van der Waals surface area contributed by atoms with E-state index in [0.29, 0.717) is 22.0 Å². The molecule has 3 nitrogen and oxygen atoms in total. The molecule has 0 atom stereocenters. The Bertz CT molecular complexity index is 629. The van der Waals surface area contributed by atoms with E-state index in [9.17, 15) is 0 Å². The SMILES string of the molecule is Cc1cccc(Nc2cc(Cl)ccc2C#N)c1N. The van der Waals surface area contributed by atoms with Gasteiger partial charge in [0, 0.05) is 5.02 Å². The van der Waals surface area contributed by atoms with Crippen LogP contribution in [0.2, 0.25) is 5.02 Å². The molecule has 0 saturated carbocycles. The molecule has 0 spiro atoms. The summed E-state index contributed by atoms with van der Waals surface area (Å²) < 4.78 is 0. The van der Waals surface area contributed by atoms with Gasteiger partial charge in [0.25, 0.3) is 0 Å². The normalized spacial score (nSPS) is 9.83. The van der Waals surface area contributed by atoms with E-state index in [4.69, 9.17) is 22.6 Å². The van der Waals surface area contributed by atoms with Gasteiger partial charge < -0.3 is 11.1 Å². The Morgan fingerprint density at radius 3 is 2.72 bits per heavy atom. The van der Waals surface area contributed by atoms with Gasteiger partial charge in [-0.15, -0.1) is 0 Å². The number of nitrogen functional groups attached to an aromatic ring is 1. The number of nitrogens with one attached hydrogen (secondary N) is 1. The number of hydrogen-bond acceptors (Lipinski definition) is 3. The number of nitrogens with two attached hydrogens (primary N) is 1. The van der Waals surface area contributed by atoms with E-state index in [1.54, 1.807) is 18.2 Å². The number of nitriles is 1. The van der Waals surface area contributed by atoms with Crippen molar-refractivity contribution in [2.24, 2.45) is 0 Å². The molecule has 0 saturated heterocycles. The summed E-state index contributed by atoms with van der Waals surface area (Å²) in [6.07, 6.45) is 0. The highest BCUT2D eigenvalue weighted by molar-refractivity contribution is 6.30. The Morgan fingerprint density at radius 2 is 2.00 bits per heavy atom. The smallest absolute Gasteiger partial charge is 0.101 e. The Kier molecular flexibility index (Phi) is 3.40. The fourth-order valence-electron chi connectivity index (χ4n) is 1.65. The van der Waals surface area contributed by atoms with Crippen molar-refractivity contribution in [3.63, 3.8) is 0 Å². The third kappa shape index (κ3) is 2.39. The van der Waals surface area contributed by atoms with E-state index in [1.807, 2.05) is 25.1 Å². The molecule has 0 heterocycles. The largest absolute Gasteiger partial charge is 0.397 e. The van der Waals surface area contributed by atoms with Gasteiger partial charge in [0.05, 0.1) is 22.6 Å². The zero-order chi connectivity index (χ0) is 13.1. The van der Waals surface area contributed by atoms with Gasteiger partial charge in [-0.25, -0.2) is 0 Å². The standard InChI is InChI=1S/C14H12ClN3/c1-9-3-2-4-12(14(9)17)18-13-7-11(15)6-5-10(13)8-16/h2-7,18H,17H2,1H3. The first kappa shape index (κ1) is 12.3. The lowest BCUT2D eigenvalue weighted by Gasteiger charge is -2.12. The van der Waals surface area contributed by atoms with Crippen molar-refractivity contribution >= 4 is 28.7 Å². The van der Waals surface area contributed by atoms with Crippen molar-refractivity contribution in [3.05, 3.63) is 52.5 Å². The number of aryl methyl sites for hydroxylation is 1. The average molecular weight is 258 g/mol. The third-order valence-corrected chi connectivity index (χ3v) is 2.93. The van der Waals surface area contributed by atoms with Crippen LogP contribution < -0.4 is 11.1 Å². The Hall–Kier alpha value is -2.18. The molecule has 0 amide bonds. The molecule has 2 aromatic carbocycles. The number of benzene rings is 2. The highest BCUT2D eigenvalue weighted by atomic mass is 35.5. The number of hydrogen-bond donors (Lipinski definition) is 2. The number of nitrogens with zero attached hydrogens (tertiary/aromatic N) is 1. The van der Waals surface area contributed by atoms with Crippen molar-refractivity contribution < 1.29 is 0 Å². The average Bonchev–Trinajstić information content (AvgIpc) is 2.35. The molecule has 2 rings (SSSR count). The predicted octanol–water partition coefficient (Wildman–Crippen LogP) is 3.85. The van der Waals surface area contributed by atoms with E-state index in [1.165, 1.54) is 0 Å². The fourth-order valence-corrected chi connectivity index (χ4v) is 1.82. The lowest BCUT2D eigenvalue weighted by molar-refractivity contribution is 1.43. The van der Waals surface area contributed by atoms with Crippen molar-refractivity contribution in [1.29, 1.82) is 5.26 Å². The van der Waals surface area contributed by atoms with Gasteiger partial charge >= 0.3 is 0 Å². The first-order chi connectivity index (χ1) is 8.61. The lowest BCUT2D eigenvalue weighted by Crippen LogP contribution is -1.99. The van der Waals surface area contributed by atoms with Crippen LogP contribution in [-0.4, -0.2) is 0 Å².